The number of alkyl halides is 3. The van der Waals surface area contributed by atoms with Crippen LogP contribution in [-0.2, 0) is 0 Å². The van der Waals surface area contributed by atoms with E-state index in [0.29, 0.717) is 37.8 Å². The highest BCUT2D eigenvalue weighted by Gasteiger charge is 2.32. The molecule has 0 spiro atoms. The van der Waals surface area contributed by atoms with Gasteiger partial charge in [-0.2, -0.15) is 13.2 Å². The van der Waals surface area contributed by atoms with Crippen LogP contribution in [0, 0.1) is 0 Å². The lowest BCUT2D eigenvalue weighted by atomic mass is 10.3. The molecule has 9 heteroatoms. The first-order chi connectivity index (χ1) is 9.35. The zero-order chi connectivity index (χ0) is 14.8. The second-order valence-corrected chi connectivity index (χ2v) is 4.92. The second kappa shape index (κ2) is 5.88. The molecule has 0 radical (unpaired) electrons. The zero-order valence-corrected chi connectivity index (χ0v) is 11.4. The van der Waals surface area contributed by atoms with Crippen molar-refractivity contribution in [2.45, 2.75) is 6.18 Å². The topological polar surface area (TPSA) is 58.3 Å². The van der Waals surface area contributed by atoms with E-state index in [-0.39, 0.29) is 4.99 Å². The van der Waals surface area contributed by atoms with Crippen molar-refractivity contribution < 1.29 is 13.2 Å². The molecule has 0 unspecified atom stereocenters. The summed E-state index contributed by atoms with van der Waals surface area (Å²) in [4.78, 5) is 11.7. The van der Waals surface area contributed by atoms with Crippen LogP contribution in [0.3, 0.4) is 0 Å². The Balaban J connectivity index is 1.97. The van der Waals surface area contributed by atoms with Gasteiger partial charge in [0.05, 0.1) is 6.54 Å². The van der Waals surface area contributed by atoms with Crippen molar-refractivity contribution in [1.82, 2.24) is 14.9 Å². The van der Waals surface area contributed by atoms with Gasteiger partial charge in [0, 0.05) is 32.4 Å². The first-order valence-electron chi connectivity index (χ1n) is 6.02. The number of hydrogen-bond acceptors (Lipinski definition) is 5. The second-order valence-electron chi connectivity index (χ2n) is 4.48. The molecule has 0 atom stereocenters. The SMILES string of the molecule is NC(=S)c1ccnc(N2CCN(CC(F)(F)F)CC2)n1. The maximum absolute atomic E-state index is 12.3. The van der Waals surface area contributed by atoms with Gasteiger partial charge in [-0.25, -0.2) is 9.97 Å². The highest BCUT2D eigenvalue weighted by Crippen LogP contribution is 2.18. The fraction of sp³-hybridized carbons (Fsp3) is 0.545. The number of anilines is 1. The van der Waals surface area contributed by atoms with Gasteiger partial charge in [0.1, 0.15) is 10.7 Å². The molecule has 2 N–H and O–H groups in total. The van der Waals surface area contributed by atoms with Crippen LogP contribution in [0.4, 0.5) is 19.1 Å². The minimum atomic E-state index is -4.16. The minimum Gasteiger partial charge on any atom is -0.388 e. The largest absolute Gasteiger partial charge is 0.401 e. The van der Waals surface area contributed by atoms with E-state index >= 15 is 0 Å². The van der Waals surface area contributed by atoms with Gasteiger partial charge in [-0.05, 0) is 6.07 Å². The molecule has 1 aromatic rings. The molecular weight excluding hydrogens is 291 g/mol. The molecule has 0 aliphatic carbocycles. The van der Waals surface area contributed by atoms with E-state index in [9.17, 15) is 13.2 Å². The van der Waals surface area contributed by atoms with E-state index in [2.05, 4.69) is 9.97 Å². The van der Waals surface area contributed by atoms with E-state index in [1.165, 1.54) is 4.90 Å². The highest BCUT2D eigenvalue weighted by atomic mass is 32.1. The van der Waals surface area contributed by atoms with Crippen LogP contribution in [-0.4, -0.2) is 58.8 Å². The van der Waals surface area contributed by atoms with Crippen molar-refractivity contribution in [1.29, 1.82) is 0 Å². The van der Waals surface area contributed by atoms with Gasteiger partial charge in [-0.1, -0.05) is 12.2 Å². The summed E-state index contributed by atoms with van der Waals surface area (Å²) < 4.78 is 36.9. The standard InChI is InChI=1S/C11H14F3N5S/c12-11(13,14)7-18-3-5-19(6-4-18)10-16-2-1-8(17-10)9(15)20/h1-2H,3-7H2,(H2,15,20). The van der Waals surface area contributed by atoms with Crippen molar-refractivity contribution in [2.75, 3.05) is 37.6 Å². The maximum Gasteiger partial charge on any atom is 0.401 e. The summed E-state index contributed by atoms with van der Waals surface area (Å²) in [5.74, 6) is 0.446. The van der Waals surface area contributed by atoms with Crippen LogP contribution in [0.2, 0.25) is 0 Å². The van der Waals surface area contributed by atoms with E-state index in [4.69, 9.17) is 18.0 Å². The quantitative estimate of drug-likeness (QED) is 0.834. The number of nitrogens with zero attached hydrogens (tertiary/aromatic N) is 4. The molecule has 1 fully saturated rings. The van der Waals surface area contributed by atoms with Gasteiger partial charge < -0.3 is 10.6 Å². The van der Waals surface area contributed by atoms with Gasteiger partial charge in [-0.15, -0.1) is 0 Å². The number of halogens is 3. The van der Waals surface area contributed by atoms with Crippen LogP contribution >= 0.6 is 12.2 Å². The Morgan fingerprint density at radius 2 is 1.95 bits per heavy atom. The van der Waals surface area contributed by atoms with Crippen molar-refractivity contribution >= 4 is 23.2 Å². The minimum absolute atomic E-state index is 0.171. The molecule has 110 valence electrons. The molecule has 0 bridgehead atoms. The predicted molar refractivity (Wildman–Crippen MR) is 72.6 cm³/mol. The zero-order valence-electron chi connectivity index (χ0n) is 10.6. The van der Waals surface area contributed by atoms with Crippen molar-refractivity contribution in [2.24, 2.45) is 5.73 Å². The van der Waals surface area contributed by atoms with Crippen molar-refractivity contribution in [3.63, 3.8) is 0 Å². The van der Waals surface area contributed by atoms with E-state index < -0.39 is 12.7 Å². The number of hydrogen-bond donors (Lipinski definition) is 1. The Morgan fingerprint density at radius 1 is 1.30 bits per heavy atom. The summed E-state index contributed by atoms with van der Waals surface area (Å²) in [6.45, 7) is 0.642. The summed E-state index contributed by atoms with van der Waals surface area (Å²) in [5.41, 5.74) is 5.95. The molecule has 0 saturated carbocycles. The Kier molecular flexibility index (Phi) is 4.39. The number of nitrogens with two attached hydrogens (primary N) is 1. The van der Waals surface area contributed by atoms with Gasteiger partial charge in [0.15, 0.2) is 0 Å². The van der Waals surface area contributed by atoms with Crippen molar-refractivity contribution in [3.05, 3.63) is 18.0 Å². The molecule has 1 aliphatic heterocycles. The third-order valence-corrected chi connectivity index (χ3v) is 3.16. The molecule has 1 aliphatic rings. The monoisotopic (exact) mass is 305 g/mol. The van der Waals surface area contributed by atoms with Crippen LogP contribution in [0.1, 0.15) is 5.69 Å². The van der Waals surface area contributed by atoms with Gasteiger partial charge in [0.25, 0.3) is 0 Å². The van der Waals surface area contributed by atoms with E-state index in [1.54, 1.807) is 12.3 Å². The molecule has 2 rings (SSSR count). The molecule has 1 saturated heterocycles. The molecule has 0 amide bonds. The van der Waals surface area contributed by atoms with Crippen molar-refractivity contribution in [3.8, 4) is 0 Å². The number of thiocarbonyl (C=S) groups is 1. The molecule has 20 heavy (non-hydrogen) atoms. The third-order valence-electron chi connectivity index (χ3n) is 2.95. The van der Waals surface area contributed by atoms with Gasteiger partial charge >= 0.3 is 6.18 Å². The predicted octanol–water partition coefficient (Wildman–Crippen LogP) is 0.795. The average Bonchev–Trinajstić information content (AvgIpc) is 2.38. The third kappa shape index (κ3) is 4.01. The fourth-order valence-electron chi connectivity index (χ4n) is 2.00. The normalized spacial score (nSPS) is 17.2. The van der Waals surface area contributed by atoms with Gasteiger partial charge in [-0.3, -0.25) is 4.90 Å². The number of aromatic nitrogens is 2. The smallest absolute Gasteiger partial charge is 0.388 e. The average molecular weight is 305 g/mol. The van der Waals surface area contributed by atoms with Crippen LogP contribution in [0.25, 0.3) is 0 Å². The Labute approximate surface area is 119 Å². The molecule has 1 aromatic heterocycles. The summed E-state index contributed by atoms with van der Waals surface area (Å²) >= 11 is 4.84. The first-order valence-corrected chi connectivity index (χ1v) is 6.43. The van der Waals surface area contributed by atoms with Crippen LogP contribution in [0.15, 0.2) is 12.3 Å². The highest BCUT2D eigenvalue weighted by molar-refractivity contribution is 7.80. The van der Waals surface area contributed by atoms with Gasteiger partial charge in [0.2, 0.25) is 5.95 Å². The number of rotatable bonds is 3. The molecule has 2 heterocycles. The summed E-state index contributed by atoms with van der Waals surface area (Å²) in [5, 5.41) is 0. The molecular formula is C11H14F3N5S. The molecule has 0 aromatic carbocycles. The van der Waals surface area contributed by atoms with E-state index in [0.717, 1.165) is 0 Å². The summed E-state index contributed by atoms with van der Waals surface area (Å²) in [7, 11) is 0. The Hall–Kier alpha value is -1.48. The Bertz CT molecular complexity index is 485. The van der Waals surface area contributed by atoms with E-state index in [1.807, 2.05) is 4.90 Å². The first kappa shape index (κ1) is 14.9. The number of piperazine rings is 1. The lowest BCUT2D eigenvalue weighted by molar-refractivity contribution is -0.146. The lowest BCUT2D eigenvalue weighted by Gasteiger charge is -2.34. The lowest BCUT2D eigenvalue weighted by Crippen LogP contribution is -2.49. The maximum atomic E-state index is 12.3. The van der Waals surface area contributed by atoms with Crippen LogP contribution < -0.4 is 10.6 Å². The summed E-state index contributed by atoms with van der Waals surface area (Å²) in [6, 6.07) is 1.60. The summed E-state index contributed by atoms with van der Waals surface area (Å²) in [6.07, 6.45) is -2.62. The van der Waals surface area contributed by atoms with Crippen LogP contribution in [0.5, 0.6) is 0 Å². The molecule has 5 nitrogen and oxygen atoms in total. The Morgan fingerprint density at radius 3 is 2.50 bits per heavy atom. The fourth-order valence-corrected chi connectivity index (χ4v) is 2.11.